The van der Waals surface area contributed by atoms with Crippen LogP contribution in [0.3, 0.4) is 0 Å². The average molecular weight is 392 g/mol. The van der Waals surface area contributed by atoms with E-state index in [2.05, 4.69) is 10.1 Å². The number of ether oxygens (including phenoxy) is 2. The highest BCUT2D eigenvalue weighted by atomic mass is 19.4. The maximum atomic E-state index is 12.7. The molecule has 0 unspecified atom stereocenters. The summed E-state index contributed by atoms with van der Waals surface area (Å²) >= 11 is 0. The van der Waals surface area contributed by atoms with E-state index in [1.54, 1.807) is 11.0 Å². The van der Waals surface area contributed by atoms with Crippen LogP contribution in [0.5, 0.6) is 5.75 Å². The first-order valence-electron chi connectivity index (χ1n) is 9.60. The number of amides is 2. The molecule has 1 aliphatic heterocycles. The number of nitrogens with zero attached hydrogens (tertiary/aromatic N) is 2. The Kier molecular flexibility index (Phi) is 5.52. The summed E-state index contributed by atoms with van der Waals surface area (Å²) in [4.78, 5) is 27.6. The molecule has 2 rings (SSSR count). The molecule has 2 amide bonds. The smallest absolute Gasteiger partial charge is 0.406 e. The number of piperazine rings is 1. The zero-order valence-corrected chi connectivity index (χ0v) is 14.6. The first-order chi connectivity index (χ1) is 13.9. The van der Waals surface area contributed by atoms with Crippen LogP contribution >= 0.6 is 0 Å². The van der Waals surface area contributed by atoms with Gasteiger partial charge < -0.3 is 24.6 Å². The first-order valence-corrected chi connectivity index (χ1v) is 8.10. The van der Waals surface area contributed by atoms with Crippen molar-refractivity contribution in [3.05, 3.63) is 24.3 Å². The second-order valence-corrected chi connectivity index (χ2v) is 5.84. The molecule has 27 heavy (non-hydrogen) atoms. The van der Waals surface area contributed by atoms with Crippen LogP contribution in [0.4, 0.5) is 18.9 Å². The lowest BCUT2D eigenvalue weighted by Gasteiger charge is -2.37. The van der Waals surface area contributed by atoms with Crippen LogP contribution in [0.15, 0.2) is 24.3 Å². The maximum Gasteiger partial charge on any atom is 0.573 e. The molecule has 1 saturated heterocycles. The molecule has 1 aliphatic rings. The number of hydrogen-bond donors (Lipinski definition) is 1. The van der Waals surface area contributed by atoms with Gasteiger partial charge in [0.05, 0.1) is 6.61 Å². The van der Waals surface area contributed by atoms with Gasteiger partial charge in [0.25, 0.3) is 0 Å². The molecule has 1 atom stereocenters. The Morgan fingerprint density at radius 1 is 1.30 bits per heavy atom. The van der Waals surface area contributed by atoms with Gasteiger partial charge in [-0.15, -0.1) is 13.2 Å². The third-order valence-corrected chi connectivity index (χ3v) is 3.94. The number of methoxy groups -OCH3 is 1. The van der Waals surface area contributed by atoms with Gasteiger partial charge in [0.2, 0.25) is 11.8 Å². The van der Waals surface area contributed by atoms with E-state index < -0.39 is 31.1 Å². The van der Waals surface area contributed by atoms with Gasteiger partial charge in [-0.05, 0) is 12.1 Å². The number of carbonyl (C=O) groups excluding carboxylic acids is 2. The van der Waals surface area contributed by atoms with Gasteiger partial charge in [0, 0.05) is 56.0 Å². The van der Waals surface area contributed by atoms with Crippen molar-refractivity contribution in [2.75, 3.05) is 44.8 Å². The molecule has 1 fully saturated rings. The molecular formula is C17H22F3N3O4. The van der Waals surface area contributed by atoms with Crippen LogP contribution in [0, 0.1) is 0 Å². The van der Waals surface area contributed by atoms with Crippen molar-refractivity contribution in [3.8, 4) is 5.75 Å². The van der Waals surface area contributed by atoms with Crippen LogP contribution in [0.25, 0.3) is 0 Å². The van der Waals surface area contributed by atoms with Gasteiger partial charge in [-0.25, -0.2) is 0 Å². The van der Waals surface area contributed by atoms with Gasteiger partial charge >= 0.3 is 6.36 Å². The molecule has 1 N–H and O–H groups in total. The Morgan fingerprint density at radius 3 is 2.59 bits per heavy atom. The fraction of sp³-hybridized carbons (Fsp3) is 0.529. The van der Waals surface area contributed by atoms with Crippen molar-refractivity contribution in [1.82, 2.24) is 10.2 Å². The number of rotatable bonds is 6. The number of nitrogens with one attached hydrogen (secondary N) is 1. The summed E-state index contributed by atoms with van der Waals surface area (Å²) in [7, 11) is 1.32. The average Bonchev–Trinajstić information content (AvgIpc) is 2.65. The number of benzene rings is 1. The van der Waals surface area contributed by atoms with Crippen molar-refractivity contribution < 1.29 is 36.3 Å². The van der Waals surface area contributed by atoms with Gasteiger partial charge in [0.1, 0.15) is 11.8 Å². The minimum Gasteiger partial charge on any atom is -0.406 e. The zero-order chi connectivity index (χ0) is 22.5. The molecule has 1 aromatic carbocycles. The molecule has 7 nitrogen and oxygen atoms in total. The van der Waals surface area contributed by atoms with E-state index in [1.165, 1.54) is 30.2 Å². The van der Waals surface area contributed by atoms with Gasteiger partial charge in [-0.3, -0.25) is 9.59 Å². The van der Waals surface area contributed by atoms with Gasteiger partial charge in [-0.2, -0.15) is 0 Å². The molecular weight excluding hydrogens is 367 g/mol. The number of anilines is 1. The van der Waals surface area contributed by atoms with Crippen molar-refractivity contribution in [2.45, 2.75) is 19.3 Å². The summed E-state index contributed by atoms with van der Waals surface area (Å²) < 4.78 is 67.4. The monoisotopic (exact) mass is 392 g/mol. The number of alkyl halides is 3. The molecule has 0 bridgehead atoms. The molecule has 0 aromatic heterocycles. The molecule has 150 valence electrons. The molecule has 0 saturated carbocycles. The lowest BCUT2D eigenvalue weighted by Crippen LogP contribution is -2.56. The van der Waals surface area contributed by atoms with Gasteiger partial charge in [-0.1, -0.05) is 6.07 Å². The fourth-order valence-corrected chi connectivity index (χ4v) is 2.78. The summed E-state index contributed by atoms with van der Waals surface area (Å²) in [5.74, 6) is -2.09. The second-order valence-electron chi connectivity index (χ2n) is 5.84. The topological polar surface area (TPSA) is 71.1 Å². The molecule has 10 heteroatoms. The van der Waals surface area contributed by atoms with Crippen molar-refractivity contribution >= 4 is 17.5 Å². The highest BCUT2D eigenvalue weighted by Crippen LogP contribution is 2.27. The minimum atomic E-state index is -4.79. The summed E-state index contributed by atoms with van der Waals surface area (Å²) in [6.45, 7) is -1.98. The third-order valence-electron chi connectivity index (χ3n) is 3.94. The van der Waals surface area contributed by atoms with E-state index in [0.717, 1.165) is 0 Å². The Balaban J connectivity index is 1.99. The fourth-order valence-electron chi connectivity index (χ4n) is 2.78. The number of hydrogen-bond acceptors (Lipinski definition) is 5. The van der Waals surface area contributed by atoms with Crippen molar-refractivity contribution in [2.24, 2.45) is 0 Å². The largest absolute Gasteiger partial charge is 0.573 e. The Hall–Kier alpha value is -2.49. The SMILES string of the molecule is [2H]C([2H])([2H])C(=O)N[C@H](COC)C(=O)N1CCN(c2cccc(OC(F)(F)F)c2)CC1. The van der Waals surface area contributed by atoms with E-state index in [1.807, 2.05) is 0 Å². The quantitative estimate of drug-likeness (QED) is 0.792. The maximum absolute atomic E-state index is 12.7. The Bertz CT molecular complexity index is 754. The number of carbonyl (C=O) groups is 2. The lowest BCUT2D eigenvalue weighted by molar-refractivity contribution is -0.274. The van der Waals surface area contributed by atoms with Crippen LogP contribution in [-0.4, -0.2) is 69.0 Å². The Morgan fingerprint density at radius 2 is 2.00 bits per heavy atom. The third kappa shape index (κ3) is 6.31. The van der Waals surface area contributed by atoms with E-state index in [0.29, 0.717) is 18.8 Å². The van der Waals surface area contributed by atoms with Crippen LogP contribution < -0.4 is 15.0 Å². The normalized spacial score (nSPS) is 18.1. The highest BCUT2D eigenvalue weighted by Gasteiger charge is 2.32. The molecule has 1 heterocycles. The van der Waals surface area contributed by atoms with E-state index >= 15 is 0 Å². The van der Waals surface area contributed by atoms with Crippen LogP contribution in [0.2, 0.25) is 0 Å². The first kappa shape index (κ1) is 16.7. The molecule has 0 radical (unpaired) electrons. The summed E-state index contributed by atoms with van der Waals surface area (Å²) in [6.07, 6.45) is -4.79. The summed E-state index contributed by atoms with van der Waals surface area (Å²) in [6, 6.07) is 4.37. The minimum absolute atomic E-state index is 0.197. The van der Waals surface area contributed by atoms with Crippen molar-refractivity contribution in [3.63, 3.8) is 0 Å². The number of halogens is 3. The standard InChI is InChI=1S/C17H22F3N3O4/c1-12(24)21-15(11-26-2)16(25)23-8-6-22(7-9-23)13-4-3-5-14(10-13)27-17(18,19)20/h3-5,10,15H,6-9,11H2,1-2H3,(H,21,24)/t15-/m1/s1/i1D3. The van der Waals surface area contributed by atoms with Crippen molar-refractivity contribution in [1.29, 1.82) is 0 Å². The summed E-state index contributed by atoms with van der Waals surface area (Å²) in [5.41, 5.74) is 0.507. The molecule has 0 aliphatic carbocycles. The zero-order valence-electron chi connectivity index (χ0n) is 17.6. The lowest BCUT2D eigenvalue weighted by atomic mass is 10.2. The molecule has 1 aromatic rings. The highest BCUT2D eigenvalue weighted by molar-refractivity contribution is 5.87. The second kappa shape index (κ2) is 8.94. The van der Waals surface area contributed by atoms with E-state index in [9.17, 15) is 22.8 Å². The summed E-state index contributed by atoms with van der Waals surface area (Å²) in [5, 5.41) is 2.17. The van der Waals surface area contributed by atoms with E-state index in [-0.39, 0.29) is 25.4 Å². The molecule has 0 spiro atoms. The Labute approximate surface area is 159 Å². The van der Waals surface area contributed by atoms with Crippen LogP contribution in [-0.2, 0) is 14.3 Å². The predicted octanol–water partition coefficient (Wildman–Crippen LogP) is 1.38. The van der Waals surface area contributed by atoms with Crippen LogP contribution in [0.1, 0.15) is 11.0 Å². The predicted molar refractivity (Wildman–Crippen MR) is 91.4 cm³/mol. The van der Waals surface area contributed by atoms with Gasteiger partial charge in [0.15, 0.2) is 0 Å². The van der Waals surface area contributed by atoms with E-state index in [4.69, 9.17) is 8.85 Å².